The van der Waals surface area contributed by atoms with Crippen LogP contribution in [0.4, 0.5) is 4.39 Å². The molecule has 0 unspecified atom stereocenters. The number of nitrogens with zero attached hydrogens (tertiary/aromatic N) is 3. The molecule has 4 rings (SSSR count). The molecular formula is C23H24FN5O4. The molecule has 9 nitrogen and oxygen atoms in total. The van der Waals surface area contributed by atoms with Crippen molar-refractivity contribution in [1.82, 2.24) is 25.3 Å². The van der Waals surface area contributed by atoms with Crippen LogP contribution in [0.25, 0.3) is 10.8 Å². The lowest BCUT2D eigenvalue weighted by Gasteiger charge is -2.35. The van der Waals surface area contributed by atoms with Crippen molar-refractivity contribution in [1.29, 1.82) is 0 Å². The minimum atomic E-state index is -0.667. The van der Waals surface area contributed by atoms with Crippen LogP contribution in [0.3, 0.4) is 0 Å². The van der Waals surface area contributed by atoms with Crippen molar-refractivity contribution in [2.75, 3.05) is 39.8 Å². The quantitative estimate of drug-likeness (QED) is 0.589. The molecule has 0 atom stereocenters. The number of piperazine rings is 1. The fraction of sp³-hybridized carbons (Fsp3) is 0.304. The number of aromatic amines is 1. The predicted molar refractivity (Wildman–Crippen MR) is 120 cm³/mol. The van der Waals surface area contributed by atoms with E-state index in [0.29, 0.717) is 49.9 Å². The van der Waals surface area contributed by atoms with Crippen LogP contribution in [0.15, 0.2) is 47.3 Å². The Bertz CT molecular complexity index is 1240. The number of aromatic nitrogens is 2. The second-order valence-corrected chi connectivity index (χ2v) is 7.67. The van der Waals surface area contributed by atoms with E-state index < -0.39 is 11.7 Å². The van der Waals surface area contributed by atoms with Gasteiger partial charge in [0.2, 0.25) is 11.8 Å². The van der Waals surface area contributed by atoms with Crippen molar-refractivity contribution < 1.29 is 18.7 Å². The normalized spacial score (nSPS) is 13.9. The number of H-pyrrole nitrogens is 1. The lowest BCUT2D eigenvalue weighted by molar-refractivity contribution is -0.132. The maximum atomic E-state index is 14.5. The zero-order valence-electron chi connectivity index (χ0n) is 18.1. The van der Waals surface area contributed by atoms with Crippen molar-refractivity contribution in [2.45, 2.75) is 6.42 Å². The van der Waals surface area contributed by atoms with E-state index in [9.17, 15) is 18.8 Å². The molecule has 2 aromatic carbocycles. The average molecular weight is 453 g/mol. The molecule has 1 aromatic heterocycles. The second kappa shape index (κ2) is 9.78. The van der Waals surface area contributed by atoms with Crippen molar-refractivity contribution in [3.8, 4) is 11.6 Å². The smallest absolute Gasteiger partial charge is 0.272 e. The van der Waals surface area contributed by atoms with Gasteiger partial charge < -0.3 is 19.9 Å². The Morgan fingerprint density at radius 2 is 1.79 bits per heavy atom. The fourth-order valence-corrected chi connectivity index (χ4v) is 3.73. The van der Waals surface area contributed by atoms with E-state index in [4.69, 9.17) is 4.74 Å². The number of halogens is 1. The summed E-state index contributed by atoms with van der Waals surface area (Å²) >= 11 is 0. The van der Waals surface area contributed by atoms with Crippen LogP contribution in [0, 0.1) is 5.82 Å². The lowest BCUT2D eigenvalue weighted by Crippen LogP contribution is -2.51. The maximum Gasteiger partial charge on any atom is 0.272 e. The number of nitrogens with one attached hydrogen (secondary N) is 2. The van der Waals surface area contributed by atoms with Gasteiger partial charge in [0.25, 0.3) is 11.5 Å². The highest BCUT2D eigenvalue weighted by atomic mass is 19.1. The van der Waals surface area contributed by atoms with Crippen LogP contribution in [0.1, 0.15) is 16.8 Å². The minimum absolute atomic E-state index is 0.0265. The Balaban J connectivity index is 1.49. The first-order valence-electron chi connectivity index (χ1n) is 10.6. The molecule has 1 saturated heterocycles. The number of benzene rings is 2. The Morgan fingerprint density at radius 1 is 1.09 bits per heavy atom. The highest BCUT2D eigenvalue weighted by molar-refractivity contribution is 5.95. The number of carbonyl (C=O) groups excluding carboxylic acids is 2. The molecule has 1 aliphatic rings. The molecule has 33 heavy (non-hydrogen) atoms. The predicted octanol–water partition coefficient (Wildman–Crippen LogP) is 1.75. The van der Waals surface area contributed by atoms with Gasteiger partial charge in [0, 0.05) is 39.1 Å². The number of hydrogen-bond acceptors (Lipinski definition) is 6. The van der Waals surface area contributed by atoms with Gasteiger partial charge >= 0.3 is 0 Å². The summed E-state index contributed by atoms with van der Waals surface area (Å²) in [7, 11) is 1.78. The first-order valence-corrected chi connectivity index (χ1v) is 10.6. The molecule has 0 spiro atoms. The molecule has 3 aromatic rings. The molecule has 0 radical (unpaired) electrons. The number of amides is 2. The molecule has 0 saturated carbocycles. The zero-order valence-corrected chi connectivity index (χ0v) is 18.1. The molecule has 1 fully saturated rings. The highest BCUT2D eigenvalue weighted by Gasteiger charge is 2.26. The third-order valence-electron chi connectivity index (χ3n) is 5.55. The van der Waals surface area contributed by atoms with E-state index in [1.165, 1.54) is 17.0 Å². The molecule has 2 amide bonds. The molecule has 0 aliphatic carbocycles. The number of ether oxygens (including phenoxy) is 1. The van der Waals surface area contributed by atoms with E-state index >= 15 is 0 Å². The Morgan fingerprint density at radius 3 is 2.52 bits per heavy atom. The van der Waals surface area contributed by atoms with E-state index in [1.54, 1.807) is 36.2 Å². The van der Waals surface area contributed by atoms with Crippen LogP contribution < -0.4 is 15.6 Å². The van der Waals surface area contributed by atoms with Gasteiger partial charge in [0.1, 0.15) is 11.6 Å². The summed E-state index contributed by atoms with van der Waals surface area (Å²) in [6.07, 6.45) is 0.395. The Labute approximate surface area is 189 Å². The van der Waals surface area contributed by atoms with Gasteiger partial charge in [-0.3, -0.25) is 14.4 Å². The van der Waals surface area contributed by atoms with Crippen LogP contribution >= 0.6 is 0 Å². The van der Waals surface area contributed by atoms with E-state index in [1.807, 2.05) is 0 Å². The van der Waals surface area contributed by atoms with Crippen LogP contribution in [0.5, 0.6) is 11.6 Å². The van der Waals surface area contributed by atoms with Crippen LogP contribution in [-0.4, -0.2) is 71.6 Å². The largest absolute Gasteiger partial charge is 0.437 e. The number of hydrogen-bond donors (Lipinski definition) is 2. The van der Waals surface area contributed by atoms with Crippen molar-refractivity contribution in [3.63, 3.8) is 0 Å². The molecule has 10 heteroatoms. The Kier molecular flexibility index (Phi) is 6.64. The van der Waals surface area contributed by atoms with Crippen molar-refractivity contribution in [2.24, 2.45) is 0 Å². The molecule has 1 aliphatic heterocycles. The molecule has 172 valence electrons. The first kappa shape index (κ1) is 22.4. The van der Waals surface area contributed by atoms with E-state index in [2.05, 4.69) is 15.5 Å². The summed E-state index contributed by atoms with van der Waals surface area (Å²) in [5, 5.41) is 10.2. The van der Waals surface area contributed by atoms with Crippen LogP contribution in [-0.2, 0) is 4.79 Å². The maximum absolute atomic E-state index is 14.5. The summed E-state index contributed by atoms with van der Waals surface area (Å²) in [6.45, 7) is 2.04. The SMILES string of the molecule is CNCCC(=O)N1CCN(C(=O)c2cc(Oc3n[nH]c(=O)c4ccccc34)ccc2F)CC1. The standard InChI is InChI=1S/C23H24FN5O4/c1-25-9-8-20(30)28-10-12-29(13-11-28)23(32)18-14-15(6-7-19(18)24)33-22-17-5-3-2-4-16(17)21(31)26-27-22/h2-7,14,25H,8-13H2,1H3,(H,26,31). The van der Waals surface area contributed by atoms with Crippen LogP contribution in [0.2, 0.25) is 0 Å². The van der Waals surface area contributed by atoms with E-state index in [-0.39, 0.29) is 28.7 Å². The van der Waals surface area contributed by atoms with Gasteiger partial charge in [0.15, 0.2) is 0 Å². The van der Waals surface area contributed by atoms with Gasteiger partial charge in [-0.15, -0.1) is 5.10 Å². The molecule has 2 heterocycles. The van der Waals surface area contributed by atoms with Crippen molar-refractivity contribution >= 4 is 22.6 Å². The van der Waals surface area contributed by atoms with E-state index in [0.717, 1.165) is 6.07 Å². The number of fused-ring (bicyclic) bond motifs is 1. The summed E-state index contributed by atoms with van der Waals surface area (Å²) in [4.78, 5) is 40.4. The average Bonchev–Trinajstić information content (AvgIpc) is 2.85. The number of carbonyl (C=O) groups is 2. The topological polar surface area (TPSA) is 108 Å². The highest BCUT2D eigenvalue weighted by Crippen LogP contribution is 2.27. The third kappa shape index (κ3) is 4.85. The lowest BCUT2D eigenvalue weighted by atomic mass is 10.1. The molecule has 2 N–H and O–H groups in total. The zero-order chi connectivity index (χ0) is 23.4. The summed E-state index contributed by atoms with van der Waals surface area (Å²) < 4.78 is 20.3. The first-order chi connectivity index (χ1) is 16.0. The number of rotatable bonds is 6. The Hall–Kier alpha value is -3.79. The fourth-order valence-electron chi connectivity index (χ4n) is 3.73. The summed E-state index contributed by atoms with van der Waals surface area (Å²) in [6, 6.07) is 10.7. The monoisotopic (exact) mass is 453 g/mol. The van der Waals surface area contributed by atoms with Gasteiger partial charge in [0.05, 0.1) is 16.3 Å². The second-order valence-electron chi connectivity index (χ2n) is 7.67. The summed E-state index contributed by atoms with van der Waals surface area (Å²) in [5.41, 5.74) is -0.479. The molecular weight excluding hydrogens is 429 g/mol. The van der Waals surface area contributed by atoms with Gasteiger partial charge in [-0.05, 0) is 37.4 Å². The third-order valence-corrected chi connectivity index (χ3v) is 5.55. The van der Waals surface area contributed by atoms with Gasteiger partial charge in [-0.1, -0.05) is 12.1 Å². The van der Waals surface area contributed by atoms with Gasteiger partial charge in [-0.25, -0.2) is 9.49 Å². The molecule has 0 bridgehead atoms. The summed E-state index contributed by atoms with van der Waals surface area (Å²) in [5.74, 6) is -0.758. The minimum Gasteiger partial charge on any atom is -0.437 e. The van der Waals surface area contributed by atoms with Crippen molar-refractivity contribution in [3.05, 3.63) is 64.2 Å². The van der Waals surface area contributed by atoms with Gasteiger partial charge in [-0.2, -0.15) is 0 Å².